The number of rotatable bonds is 6. The van der Waals surface area contributed by atoms with Crippen molar-refractivity contribution >= 4 is 17.7 Å². The summed E-state index contributed by atoms with van der Waals surface area (Å²) in [6, 6.07) is 11.0. The number of ether oxygens (including phenoxy) is 2. The molecule has 0 spiro atoms. The zero-order chi connectivity index (χ0) is 21.0. The van der Waals surface area contributed by atoms with Crippen LogP contribution in [0.2, 0.25) is 0 Å². The first kappa shape index (κ1) is 20.1. The van der Waals surface area contributed by atoms with E-state index in [1.165, 1.54) is 18.9 Å². The molecule has 0 aliphatic carbocycles. The normalized spacial score (nSPS) is 18.1. The molecular formula is C21H22N4O4. The topological polar surface area (TPSA) is 105 Å². The molecule has 2 amide bonds. The second-order valence-corrected chi connectivity index (χ2v) is 6.73. The molecule has 1 aliphatic rings. The number of benzene rings is 1. The lowest BCUT2D eigenvalue weighted by Gasteiger charge is -2.23. The third kappa shape index (κ3) is 4.29. The van der Waals surface area contributed by atoms with E-state index in [1.807, 2.05) is 31.2 Å². The van der Waals surface area contributed by atoms with E-state index in [9.17, 15) is 9.59 Å². The number of amides is 2. The van der Waals surface area contributed by atoms with Crippen LogP contribution >= 0.6 is 0 Å². The second kappa shape index (κ2) is 8.61. The Kier molecular flexibility index (Phi) is 5.98. The first-order valence-electron chi connectivity index (χ1n) is 9.19. The Bertz CT molecular complexity index is 952. The van der Waals surface area contributed by atoms with Crippen molar-refractivity contribution in [2.24, 2.45) is 0 Å². The van der Waals surface area contributed by atoms with Crippen LogP contribution in [0, 0.1) is 11.3 Å². The van der Waals surface area contributed by atoms with Crippen LogP contribution in [0.3, 0.4) is 0 Å². The highest BCUT2D eigenvalue weighted by Gasteiger charge is 2.40. The summed E-state index contributed by atoms with van der Waals surface area (Å²) in [6.45, 7) is 3.53. The average molecular weight is 394 g/mol. The van der Waals surface area contributed by atoms with E-state index in [2.05, 4.69) is 16.4 Å². The van der Waals surface area contributed by atoms with Gasteiger partial charge in [-0.1, -0.05) is 12.1 Å². The molecule has 2 heterocycles. The Morgan fingerprint density at radius 1 is 1.34 bits per heavy atom. The number of hydrogen-bond acceptors (Lipinski definition) is 6. The number of carbonyl (C=O) groups is 2. The molecule has 1 fully saturated rings. The van der Waals surface area contributed by atoms with Gasteiger partial charge in [0, 0.05) is 18.7 Å². The van der Waals surface area contributed by atoms with Gasteiger partial charge in [0.1, 0.15) is 11.9 Å². The van der Waals surface area contributed by atoms with Gasteiger partial charge in [0.05, 0.1) is 43.6 Å². The summed E-state index contributed by atoms with van der Waals surface area (Å²) in [5.74, 6) is 0.343. The SMILES string of the molecule is COc1cc(-c2ccc(CC#N)nc2)ccc1N1C(=O)OC(CNC(C)=O)C1C. The van der Waals surface area contributed by atoms with E-state index in [-0.39, 0.29) is 24.9 Å². The Morgan fingerprint density at radius 2 is 2.10 bits per heavy atom. The highest BCUT2D eigenvalue weighted by atomic mass is 16.6. The zero-order valence-corrected chi connectivity index (χ0v) is 16.5. The van der Waals surface area contributed by atoms with Crippen LogP contribution < -0.4 is 15.0 Å². The maximum absolute atomic E-state index is 12.5. The van der Waals surface area contributed by atoms with Crippen LogP contribution in [-0.4, -0.2) is 42.8 Å². The monoisotopic (exact) mass is 394 g/mol. The van der Waals surface area contributed by atoms with Gasteiger partial charge in [-0.05, 0) is 30.7 Å². The van der Waals surface area contributed by atoms with E-state index >= 15 is 0 Å². The number of anilines is 1. The van der Waals surface area contributed by atoms with Gasteiger partial charge in [0.15, 0.2) is 0 Å². The summed E-state index contributed by atoms with van der Waals surface area (Å²) < 4.78 is 11.0. The number of carbonyl (C=O) groups excluding carboxylic acids is 2. The molecule has 3 rings (SSSR count). The Hall–Kier alpha value is -3.60. The molecule has 8 nitrogen and oxygen atoms in total. The van der Waals surface area contributed by atoms with Crippen LogP contribution in [0.25, 0.3) is 11.1 Å². The van der Waals surface area contributed by atoms with Gasteiger partial charge in [-0.2, -0.15) is 5.26 Å². The molecule has 8 heteroatoms. The molecule has 2 atom stereocenters. The highest BCUT2D eigenvalue weighted by Crippen LogP contribution is 2.37. The zero-order valence-electron chi connectivity index (χ0n) is 16.5. The van der Waals surface area contributed by atoms with Gasteiger partial charge in [0.25, 0.3) is 0 Å². The minimum absolute atomic E-state index is 0.178. The summed E-state index contributed by atoms with van der Waals surface area (Å²) in [5, 5.41) is 11.4. The quantitative estimate of drug-likeness (QED) is 0.808. The van der Waals surface area contributed by atoms with Gasteiger partial charge in [-0.15, -0.1) is 0 Å². The lowest BCUT2D eigenvalue weighted by Crippen LogP contribution is -2.40. The fourth-order valence-corrected chi connectivity index (χ4v) is 3.23. The van der Waals surface area contributed by atoms with Crippen molar-refractivity contribution < 1.29 is 19.1 Å². The van der Waals surface area contributed by atoms with E-state index in [0.717, 1.165) is 11.1 Å². The summed E-state index contributed by atoms with van der Waals surface area (Å²) in [6.07, 6.45) is 1.03. The summed E-state index contributed by atoms with van der Waals surface area (Å²) in [7, 11) is 1.54. The summed E-state index contributed by atoms with van der Waals surface area (Å²) in [4.78, 5) is 29.4. The minimum Gasteiger partial charge on any atom is -0.495 e. The fourth-order valence-electron chi connectivity index (χ4n) is 3.23. The molecule has 0 bridgehead atoms. The Labute approximate surface area is 169 Å². The molecular weight excluding hydrogens is 372 g/mol. The average Bonchev–Trinajstić information content (AvgIpc) is 3.00. The van der Waals surface area contributed by atoms with Crippen LogP contribution in [-0.2, 0) is 16.0 Å². The molecule has 2 aromatic rings. The van der Waals surface area contributed by atoms with Crippen LogP contribution in [0.5, 0.6) is 5.75 Å². The third-order valence-electron chi connectivity index (χ3n) is 4.80. The van der Waals surface area contributed by atoms with Crippen molar-refractivity contribution in [2.45, 2.75) is 32.4 Å². The van der Waals surface area contributed by atoms with E-state index in [0.29, 0.717) is 17.1 Å². The molecule has 29 heavy (non-hydrogen) atoms. The second-order valence-electron chi connectivity index (χ2n) is 6.73. The van der Waals surface area contributed by atoms with Crippen LogP contribution in [0.15, 0.2) is 36.5 Å². The van der Waals surface area contributed by atoms with E-state index in [1.54, 1.807) is 12.3 Å². The minimum atomic E-state index is -0.485. The smallest absolute Gasteiger partial charge is 0.415 e. The first-order chi connectivity index (χ1) is 13.9. The van der Waals surface area contributed by atoms with Gasteiger partial charge < -0.3 is 14.8 Å². The molecule has 1 aliphatic heterocycles. The maximum Gasteiger partial charge on any atom is 0.415 e. The predicted molar refractivity (Wildman–Crippen MR) is 106 cm³/mol. The van der Waals surface area contributed by atoms with Gasteiger partial charge in [0.2, 0.25) is 5.91 Å². The molecule has 0 saturated carbocycles. The number of pyridine rings is 1. The fraction of sp³-hybridized carbons (Fsp3) is 0.333. The van der Waals surface area contributed by atoms with Crippen molar-refractivity contribution in [3.8, 4) is 22.9 Å². The number of cyclic esters (lactones) is 1. The predicted octanol–water partition coefficient (Wildman–Crippen LogP) is 2.67. The summed E-state index contributed by atoms with van der Waals surface area (Å²) in [5.41, 5.74) is 3.04. The molecule has 2 unspecified atom stereocenters. The van der Waals surface area contributed by atoms with Crippen molar-refractivity contribution in [1.29, 1.82) is 5.26 Å². The number of hydrogen-bond donors (Lipinski definition) is 1. The number of nitrogens with one attached hydrogen (secondary N) is 1. The number of nitrogens with zero attached hydrogens (tertiary/aromatic N) is 3. The molecule has 1 saturated heterocycles. The third-order valence-corrected chi connectivity index (χ3v) is 4.80. The van der Waals surface area contributed by atoms with Crippen molar-refractivity contribution in [2.75, 3.05) is 18.6 Å². The molecule has 0 radical (unpaired) electrons. The lowest BCUT2D eigenvalue weighted by molar-refractivity contribution is -0.119. The van der Waals surface area contributed by atoms with Crippen molar-refractivity contribution in [1.82, 2.24) is 10.3 Å². The molecule has 1 aromatic carbocycles. The van der Waals surface area contributed by atoms with Gasteiger partial charge in [-0.3, -0.25) is 14.7 Å². The van der Waals surface area contributed by atoms with E-state index < -0.39 is 12.2 Å². The Morgan fingerprint density at radius 3 is 2.72 bits per heavy atom. The van der Waals surface area contributed by atoms with Crippen LogP contribution in [0.4, 0.5) is 10.5 Å². The molecule has 1 N–H and O–H groups in total. The standard InChI is InChI=1S/C21H22N4O4/c1-13-20(12-23-14(2)26)29-21(27)25(13)18-7-5-15(10-19(18)28-3)16-4-6-17(8-9-22)24-11-16/h4-7,10-11,13,20H,8,12H2,1-3H3,(H,23,26). The first-order valence-corrected chi connectivity index (χ1v) is 9.19. The maximum atomic E-state index is 12.5. The summed E-state index contributed by atoms with van der Waals surface area (Å²) >= 11 is 0. The van der Waals surface area contributed by atoms with Crippen molar-refractivity contribution in [3.63, 3.8) is 0 Å². The lowest BCUT2D eigenvalue weighted by atomic mass is 10.0. The van der Waals surface area contributed by atoms with Gasteiger partial charge in [-0.25, -0.2) is 4.79 Å². The van der Waals surface area contributed by atoms with E-state index in [4.69, 9.17) is 14.7 Å². The number of aromatic nitrogens is 1. The number of methoxy groups -OCH3 is 1. The molecule has 1 aromatic heterocycles. The van der Waals surface area contributed by atoms with Crippen molar-refractivity contribution in [3.05, 3.63) is 42.2 Å². The molecule has 150 valence electrons. The van der Waals surface area contributed by atoms with Crippen LogP contribution in [0.1, 0.15) is 19.5 Å². The number of nitriles is 1. The highest BCUT2D eigenvalue weighted by molar-refractivity contribution is 5.93. The largest absolute Gasteiger partial charge is 0.495 e. The Balaban J connectivity index is 1.86. The van der Waals surface area contributed by atoms with Gasteiger partial charge >= 0.3 is 6.09 Å².